The van der Waals surface area contributed by atoms with Crippen LogP contribution in [-0.2, 0) is 9.31 Å². The van der Waals surface area contributed by atoms with E-state index >= 15 is 0 Å². The molecule has 0 N–H and O–H groups in total. The summed E-state index contributed by atoms with van der Waals surface area (Å²) in [5.41, 5.74) is 7.85. The molecule has 1 unspecified atom stereocenters. The molecule has 0 spiro atoms. The van der Waals surface area contributed by atoms with Crippen LogP contribution in [0, 0.1) is 0 Å². The Morgan fingerprint density at radius 2 is 1.00 bits per heavy atom. The van der Waals surface area contributed by atoms with E-state index in [0.717, 1.165) is 16.6 Å². The number of rotatable bonds is 4. The topological polar surface area (TPSA) is 18.5 Å². The summed E-state index contributed by atoms with van der Waals surface area (Å²) < 4.78 is 12.5. The molecule has 0 aromatic heterocycles. The maximum Gasteiger partial charge on any atom is 0.494 e. The summed E-state index contributed by atoms with van der Waals surface area (Å²) in [5.74, 6) is 0. The second-order valence-electron chi connectivity index (χ2n) is 8.98. The second kappa shape index (κ2) is 10.4. The maximum absolute atomic E-state index is 6.28. The Bertz CT molecular complexity index is 1200. The van der Waals surface area contributed by atoms with Crippen LogP contribution in [0.2, 0.25) is 0 Å². The van der Waals surface area contributed by atoms with Crippen LogP contribution in [0.25, 0.3) is 33.4 Å². The van der Waals surface area contributed by atoms with E-state index in [9.17, 15) is 0 Å². The van der Waals surface area contributed by atoms with Gasteiger partial charge in [0.1, 0.15) is 0 Å². The highest BCUT2D eigenvalue weighted by molar-refractivity contribution is 6.62. The molecule has 0 saturated carbocycles. The zero-order chi connectivity index (χ0) is 24.1. The lowest BCUT2D eigenvalue weighted by atomic mass is 9.76. The molecule has 0 amide bonds. The fraction of sp³-hybridized carbons (Fsp3) is 0.226. The molecule has 1 atom stereocenters. The molecule has 0 radical (unpaired) electrons. The molecule has 0 bridgehead atoms. The molecule has 5 rings (SSSR count). The molecule has 0 aliphatic carbocycles. The molecule has 1 aliphatic rings. The summed E-state index contributed by atoms with van der Waals surface area (Å²) in [7, 11) is -0.369. The highest BCUT2D eigenvalue weighted by Crippen LogP contribution is 2.31. The van der Waals surface area contributed by atoms with Crippen LogP contribution in [0.1, 0.15) is 34.6 Å². The maximum atomic E-state index is 6.28. The van der Waals surface area contributed by atoms with E-state index in [1.807, 2.05) is 26.0 Å². The number of hydrogen-bond donors (Lipinski definition) is 0. The van der Waals surface area contributed by atoms with E-state index in [2.05, 4.69) is 112 Å². The summed E-state index contributed by atoms with van der Waals surface area (Å²) in [5, 5.41) is 0. The van der Waals surface area contributed by atoms with Gasteiger partial charge in [-0.15, -0.1) is 0 Å². The van der Waals surface area contributed by atoms with Crippen LogP contribution in [0.5, 0.6) is 0 Å². The molecule has 1 heterocycles. The predicted octanol–water partition coefficient (Wildman–Crippen LogP) is 7.62. The molecular formula is C31H33BO2. The van der Waals surface area contributed by atoms with E-state index < -0.39 is 0 Å². The lowest BCUT2D eigenvalue weighted by molar-refractivity contribution is 0.0842. The van der Waals surface area contributed by atoms with Gasteiger partial charge in [0.05, 0.1) is 11.7 Å². The van der Waals surface area contributed by atoms with Crippen molar-refractivity contribution < 1.29 is 9.31 Å². The minimum absolute atomic E-state index is 0.0292. The van der Waals surface area contributed by atoms with Crippen molar-refractivity contribution in [2.75, 3.05) is 0 Å². The lowest BCUT2D eigenvalue weighted by Gasteiger charge is -2.21. The van der Waals surface area contributed by atoms with Gasteiger partial charge in [0.25, 0.3) is 0 Å². The first-order valence-corrected chi connectivity index (χ1v) is 12.2. The third-order valence-corrected chi connectivity index (χ3v) is 6.38. The van der Waals surface area contributed by atoms with Crippen molar-refractivity contribution in [2.45, 2.75) is 46.3 Å². The normalized spacial score (nSPS) is 16.6. The summed E-state index contributed by atoms with van der Waals surface area (Å²) >= 11 is 0. The van der Waals surface area contributed by atoms with Gasteiger partial charge in [-0.3, -0.25) is 0 Å². The van der Waals surface area contributed by atoms with E-state index in [0.29, 0.717) is 0 Å². The third kappa shape index (κ3) is 5.17. The van der Waals surface area contributed by atoms with Crippen LogP contribution in [0.15, 0.2) is 103 Å². The summed E-state index contributed by atoms with van der Waals surface area (Å²) in [6, 6.07) is 36.3. The van der Waals surface area contributed by atoms with Gasteiger partial charge in [0, 0.05) is 0 Å². The van der Waals surface area contributed by atoms with Crippen LogP contribution < -0.4 is 5.46 Å². The number of benzene rings is 4. The quantitative estimate of drug-likeness (QED) is 0.299. The van der Waals surface area contributed by atoms with E-state index in [1.165, 1.54) is 22.3 Å². The Labute approximate surface area is 204 Å². The highest BCUT2D eigenvalue weighted by atomic mass is 16.7. The smallest absolute Gasteiger partial charge is 0.402 e. The zero-order valence-electron chi connectivity index (χ0n) is 20.8. The van der Waals surface area contributed by atoms with Crippen molar-refractivity contribution in [1.29, 1.82) is 0 Å². The third-order valence-electron chi connectivity index (χ3n) is 6.38. The molecule has 1 saturated heterocycles. The fourth-order valence-corrected chi connectivity index (χ4v) is 4.13. The van der Waals surface area contributed by atoms with Crippen LogP contribution in [-0.4, -0.2) is 18.8 Å². The SMILES string of the molecule is CC.CC1OB(c2cc(-c3ccccc3)cc(-c3ccc(-c4ccccc4)cc3)c2)OC1(C)C. The van der Waals surface area contributed by atoms with Gasteiger partial charge in [-0.2, -0.15) is 0 Å². The molecular weight excluding hydrogens is 415 g/mol. The molecule has 34 heavy (non-hydrogen) atoms. The summed E-state index contributed by atoms with van der Waals surface area (Å²) in [6.07, 6.45) is 0.0292. The van der Waals surface area contributed by atoms with Gasteiger partial charge in [-0.25, -0.2) is 0 Å². The average molecular weight is 448 g/mol. The zero-order valence-corrected chi connectivity index (χ0v) is 20.8. The van der Waals surface area contributed by atoms with Crippen LogP contribution in [0.4, 0.5) is 0 Å². The first-order valence-electron chi connectivity index (χ1n) is 12.2. The first-order chi connectivity index (χ1) is 16.5. The standard InChI is InChI=1S/C29H27BO2.C2H6/c1-21-29(2,3)32-30(31-21)28-19-26(23-12-8-5-9-13-23)18-27(20-28)25-16-14-24(15-17-25)22-10-6-4-7-11-22;1-2/h4-21H,1-3H3;1-2H3. The van der Waals surface area contributed by atoms with Crippen LogP contribution in [0.3, 0.4) is 0 Å². The minimum Gasteiger partial charge on any atom is -0.402 e. The summed E-state index contributed by atoms with van der Waals surface area (Å²) in [6.45, 7) is 10.2. The van der Waals surface area contributed by atoms with Gasteiger partial charge in [0.15, 0.2) is 0 Å². The van der Waals surface area contributed by atoms with Crippen molar-refractivity contribution >= 4 is 12.6 Å². The Morgan fingerprint density at radius 3 is 1.44 bits per heavy atom. The molecule has 2 nitrogen and oxygen atoms in total. The largest absolute Gasteiger partial charge is 0.494 e. The molecule has 1 aliphatic heterocycles. The van der Waals surface area contributed by atoms with Gasteiger partial charge in [0.2, 0.25) is 0 Å². The van der Waals surface area contributed by atoms with Crippen molar-refractivity contribution in [3.8, 4) is 33.4 Å². The molecule has 1 fully saturated rings. The van der Waals surface area contributed by atoms with Crippen LogP contribution >= 0.6 is 0 Å². The van der Waals surface area contributed by atoms with Gasteiger partial charge in [-0.05, 0) is 65.7 Å². The highest BCUT2D eigenvalue weighted by Gasteiger charge is 2.44. The molecule has 4 aromatic carbocycles. The molecule has 172 valence electrons. The van der Waals surface area contributed by atoms with Gasteiger partial charge < -0.3 is 9.31 Å². The first kappa shape index (κ1) is 24.0. The minimum atomic E-state index is -0.369. The van der Waals surface area contributed by atoms with E-state index in [-0.39, 0.29) is 18.8 Å². The Kier molecular flexibility index (Phi) is 7.36. The van der Waals surface area contributed by atoms with Crippen molar-refractivity contribution in [3.05, 3.63) is 103 Å². The Balaban J connectivity index is 0.00000133. The second-order valence-corrected chi connectivity index (χ2v) is 8.98. The Hall–Kier alpha value is -3.14. The number of hydrogen-bond acceptors (Lipinski definition) is 2. The molecule has 4 aromatic rings. The average Bonchev–Trinajstić information content (AvgIpc) is 3.18. The fourth-order valence-electron chi connectivity index (χ4n) is 4.13. The van der Waals surface area contributed by atoms with E-state index in [4.69, 9.17) is 9.31 Å². The monoisotopic (exact) mass is 448 g/mol. The van der Waals surface area contributed by atoms with Gasteiger partial charge in [-0.1, -0.05) is 111 Å². The Morgan fingerprint density at radius 1 is 0.588 bits per heavy atom. The lowest BCUT2D eigenvalue weighted by Crippen LogP contribution is -2.35. The van der Waals surface area contributed by atoms with Crippen molar-refractivity contribution in [2.24, 2.45) is 0 Å². The van der Waals surface area contributed by atoms with Gasteiger partial charge >= 0.3 is 7.12 Å². The predicted molar refractivity (Wildman–Crippen MR) is 145 cm³/mol. The van der Waals surface area contributed by atoms with E-state index in [1.54, 1.807) is 0 Å². The van der Waals surface area contributed by atoms with Crippen molar-refractivity contribution in [3.63, 3.8) is 0 Å². The molecule has 3 heteroatoms. The summed E-state index contributed by atoms with van der Waals surface area (Å²) in [4.78, 5) is 0. The van der Waals surface area contributed by atoms with Crippen molar-refractivity contribution in [1.82, 2.24) is 0 Å².